The Kier molecular flexibility index (Phi) is 17.5. The van der Waals surface area contributed by atoms with E-state index >= 15 is 0 Å². The molecule has 0 aliphatic heterocycles. The van der Waals surface area contributed by atoms with Crippen LogP contribution < -0.4 is 4.57 Å². The Morgan fingerprint density at radius 2 is 1.06 bits per heavy atom. The molecule has 0 radical (unpaired) electrons. The van der Waals surface area contributed by atoms with Crippen LogP contribution in [0.5, 0.6) is 0 Å². The van der Waals surface area contributed by atoms with Gasteiger partial charge in [0, 0.05) is 6.42 Å². The van der Waals surface area contributed by atoms with Crippen LogP contribution in [-0.2, 0) is 19.5 Å². The summed E-state index contributed by atoms with van der Waals surface area (Å²) in [5.41, 5.74) is 1.39. The van der Waals surface area contributed by atoms with Gasteiger partial charge in [-0.3, -0.25) is 0 Å². The van der Waals surface area contributed by atoms with Crippen LogP contribution in [0, 0.1) is 0 Å². The minimum Gasteiger partial charge on any atom is -0.234 e. The molecule has 1 aromatic carbocycles. The van der Waals surface area contributed by atoms with Crippen LogP contribution in [-0.4, -0.2) is 4.57 Å². The molecule has 1 aromatic heterocycles. The Morgan fingerprint density at radius 1 is 0.571 bits per heavy atom. The molecule has 0 N–H and O–H groups in total. The molecule has 0 saturated carbocycles. The third kappa shape index (κ3) is 13.9. The van der Waals surface area contributed by atoms with E-state index in [9.17, 15) is 0 Å². The van der Waals surface area contributed by atoms with E-state index in [4.69, 9.17) is 0 Å². The number of hydrogen-bond donors (Lipinski definition) is 0. The molecule has 0 aliphatic rings. The van der Waals surface area contributed by atoms with Crippen molar-refractivity contribution in [3.63, 3.8) is 0 Å². The highest BCUT2D eigenvalue weighted by atomic mass is 15.1. The minimum absolute atomic E-state index is 0.992. The molecule has 0 unspecified atom stereocenters. The second-order valence-electron chi connectivity index (χ2n) is 10.8. The Balaban J connectivity index is 1.48. The number of hydrogen-bond acceptors (Lipinski definition) is 0. The lowest BCUT2D eigenvalue weighted by Gasteiger charge is -2.06. The van der Waals surface area contributed by atoms with Gasteiger partial charge < -0.3 is 0 Å². The lowest BCUT2D eigenvalue weighted by Crippen LogP contribution is -2.37. The zero-order chi connectivity index (χ0) is 24.8. The zero-order valence-electron chi connectivity index (χ0n) is 23.5. The number of unbranched alkanes of at least 4 members (excludes halogenated alkanes) is 17. The predicted octanol–water partition coefficient (Wildman–Crippen LogP) is 9.82. The van der Waals surface area contributed by atoms with Crippen LogP contribution in [0.25, 0.3) is 0 Å². The van der Waals surface area contributed by atoms with E-state index in [2.05, 4.69) is 65.7 Å². The van der Waals surface area contributed by atoms with Crippen molar-refractivity contribution in [2.45, 2.75) is 155 Å². The van der Waals surface area contributed by atoms with Gasteiger partial charge in [-0.1, -0.05) is 147 Å². The number of nitrogens with zero attached hydrogens (tertiary/aromatic N) is 2. The summed E-state index contributed by atoms with van der Waals surface area (Å²) in [5.74, 6) is 1.51. The van der Waals surface area contributed by atoms with Crippen LogP contribution in [0.4, 0.5) is 0 Å². The van der Waals surface area contributed by atoms with E-state index in [0.29, 0.717) is 0 Å². The van der Waals surface area contributed by atoms with Gasteiger partial charge in [0.2, 0.25) is 0 Å². The molecule has 0 atom stereocenters. The first-order chi connectivity index (χ1) is 17.3. The number of imidazole rings is 1. The van der Waals surface area contributed by atoms with Crippen molar-refractivity contribution in [1.29, 1.82) is 0 Å². The zero-order valence-corrected chi connectivity index (χ0v) is 23.5. The van der Waals surface area contributed by atoms with Crippen molar-refractivity contribution in [2.24, 2.45) is 0 Å². The summed E-state index contributed by atoms with van der Waals surface area (Å²) in [6.07, 6.45) is 32.8. The van der Waals surface area contributed by atoms with E-state index in [1.165, 1.54) is 146 Å². The lowest BCUT2D eigenvalue weighted by atomic mass is 10.0. The molecular formula is C33H57N2+. The van der Waals surface area contributed by atoms with Gasteiger partial charge in [-0.25, -0.2) is 9.13 Å². The number of benzene rings is 1. The molecule has 198 valence electrons. The summed E-state index contributed by atoms with van der Waals surface area (Å²) in [6.45, 7) is 6.77. The molecule has 0 spiro atoms. The van der Waals surface area contributed by atoms with Crippen LogP contribution in [0.15, 0.2) is 42.7 Å². The standard InChI is InChI=1S/C33H57N2/c1-3-5-7-8-9-10-11-12-13-14-15-16-17-18-19-20-24-28-34-29-30-35(33(34)27-6-4-2)31-32-25-22-21-23-26-32/h21-23,25-26,29-30H,3-20,24,27-28,31H2,1-2H3/q+1. The first-order valence-corrected chi connectivity index (χ1v) is 15.5. The van der Waals surface area contributed by atoms with Crippen molar-refractivity contribution in [1.82, 2.24) is 4.57 Å². The molecule has 2 aromatic rings. The molecule has 0 aliphatic carbocycles. The van der Waals surface area contributed by atoms with Crippen molar-refractivity contribution in [3.8, 4) is 0 Å². The topological polar surface area (TPSA) is 8.81 Å². The van der Waals surface area contributed by atoms with Gasteiger partial charge in [-0.05, 0) is 24.8 Å². The summed E-state index contributed by atoms with van der Waals surface area (Å²) in [6, 6.07) is 10.9. The van der Waals surface area contributed by atoms with E-state index < -0.39 is 0 Å². The summed E-state index contributed by atoms with van der Waals surface area (Å²) in [7, 11) is 0. The highest BCUT2D eigenvalue weighted by Gasteiger charge is 2.16. The lowest BCUT2D eigenvalue weighted by molar-refractivity contribution is -0.704. The van der Waals surface area contributed by atoms with Gasteiger partial charge in [0.25, 0.3) is 5.82 Å². The molecule has 0 amide bonds. The van der Waals surface area contributed by atoms with Crippen molar-refractivity contribution < 1.29 is 4.57 Å². The molecule has 35 heavy (non-hydrogen) atoms. The fourth-order valence-electron chi connectivity index (χ4n) is 5.25. The minimum atomic E-state index is 0.992. The largest absolute Gasteiger partial charge is 0.256 e. The Hall–Kier alpha value is -1.57. The molecule has 0 fully saturated rings. The van der Waals surface area contributed by atoms with Crippen LogP contribution in [0.1, 0.15) is 147 Å². The highest BCUT2D eigenvalue weighted by Crippen LogP contribution is 2.14. The first-order valence-electron chi connectivity index (χ1n) is 15.5. The van der Waals surface area contributed by atoms with Crippen molar-refractivity contribution in [2.75, 3.05) is 0 Å². The second kappa shape index (κ2) is 20.6. The third-order valence-electron chi connectivity index (χ3n) is 7.54. The maximum atomic E-state index is 2.53. The van der Waals surface area contributed by atoms with E-state index in [0.717, 1.165) is 6.54 Å². The van der Waals surface area contributed by atoms with Crippen molar-refractivity contribution >= 4 is 0 Å². The average Bonchev–Trinajstić information content (AvgIpc) is 3.26. The summed E-state index contributed by atoms with van der Waals surface area (Å²) in [5, 5.41) is 0. The maximum absolute atomic E-state index is 2.53. The second-order valence-corrected chi connectivity index (χ2v) is 10.8. The molecule has 0 bridgehead atoms. The average molecular weight is 482 g/mol. The van der Waals surface area contributed by atoms with Gasteiger partial charge >= 0.3 is 0 Å². The van der Waals surface area contributed by atoms with Gasteiger partial charge in [0.15, 0.2) is 0 Å². The van der Waals surface area contributed by atoms with Gasteiger partial charge in [-0.2, -0.15) is 0 Å². The molecule has 2 rings (SSSR count). The molecule has 2 nitrogen and oxygen atoms in total. The fraction of sp³-hybridized carbons (Fsp3) is 0.727. The van der Waals surface area contributed by atoms with Crippen molar-refractivity contribution in [3.05, 3.63) is 54.1 Å². The molecule has 1 heterocycles. The predicted molar refractivity (Wildman–Crippen MR) is 153 cm³/mol. The number of rotatable bonds is 23. The Bertz CT molecular complexity index is 718. The highest BCUT2D eigenvalue weighted by molar-refractivity contribution is 5.15. The van der Waals surface area contributed by atoms with Gasteiger partial charge in [0.05, 0.1) is 6.54 Å². The quantitative estimate of drug-likeness (QED) is 0.110. The van der Waals surface area contributed by atoms with Crippen LogP contribution >= 0.6 is 0 Å². The Morgan fingerprint density at radius 3 is 1.57 bits per heavy atom. The third-order valence-corrected chi connectivity index (χ3v) is 7.54. The van der Waals surface area contributed by atoms with Gasteiger partial charge in [-0.15, -0.1) is 0 Å². The van der Waals surface area contributed by atoms with E-state index in [-0.39, 0.29) is 0 Å². The fourth-order valence-corrected chi connectivity index (χ4v) is 5.25. The monoisotopic (exact) mass is 481 g/mol. The van der Waals surface area contributed by atoms with Gasteiger partial charge in [0.1, 0.15) is 18.9 Å². The normalized spacial score (nSPS) is 11.4. The molecular weight excluding hydrogens is 424 g/mol. The molecule has 0 saturated heterocycles. The summed E-state index contributed by atoms with van der Waals surface area (Å²) < 4.78 is 5.00. The van der Waals surface area contributed by atoms with Crippen LogP contribution in [0.3, 0.4) is 0 Å². The number of aryl methyl sites for hydroxylation is 1. The molecule has 2 heteroatoms. The summed E-state index contributed by atoms with van der Waals surface area (Å²) in [4.78, 5) is 0. The SMILES string of the molecule is CCCCCCCCCCCCCCCCCCC[n+]1ccn(Cc2ccccc2)c1CCCC. The van der Waals surface area contributed by atoms with E-state index in [1.807, 2.05) is 0 Å². The smallest absolute Gasteiger partial charge is 0.234 e. The Labute approximate surface area is 218 Å². The first kappa shape index (κ1) is 29.7. The van der Waals surface area contributed by atoms with E-state index in [1.54, 1.807) is 0 Å². The van der Waals surface area contributed by atoms with Crippen LogP contribution in [0.2, 0.25) is 0 Å². The summed E-state index contributed by atoms with van der Waals surface area (Å²) >= 11 is 0. The number of aromatic nitrogens is 2. The maximum Gasteiger partial charge on any atom is 0.256 e.